The van der Waals surface area contributed by atoms with Gasteiger partial charge in [-0.25, -0.2) is 19.2 Å². The minimum Gasteiger partial charge on any atom is -0.459 e. The number of aryl methyl sites for hydroxylation is 4. The summed E-state index contributed by atoms with van der Waals surface area (Å²) < 4.78 is 28.8. The van der Waals surface area contributed by atoms with E-state index in [4.69, 9.17) is 23.7 Å². The molecule has 0 aliphatic carbocycles. The summed E-state index contributed by atoms with van der Waals surface area (Å²) in [5, 5.41) is 11.2. The Hall–Kier alpha value is -5.32. The molecule has 0 bridgehead atoms. The second kappa shape index (κ2) is 15.1. The van der Waals surface area contributed by atoms with Crippen LogP contribution >= 0.6 is 0 Å². The van der Waals surface area contributed by atoms with E-state index in [9.17, 15) is 24.3 Å². The van der Waals surface area contributed by atoms with Crippen LogP contribution < -0.4 is 0 Å². The Morgan fingerprint density at radius 1 is 0.500 bits per heavy atom. The Labute approximate surface area is 278 Å². The van der Waals surface area contributed by atoms with Gasteiger partial charge in [0.2, 0.25) is 0 Å². The summed E-state index contributed by atoms with van der Waals surface area (Å²) in [6.07, 6.45) is -7.94. The van der Waals surface area contributed by atoms with Crippen LogP contribution in [-0.2, 0) is 23.7 Å². The molecular formula is C38H36O10. The zero-order chi connectivity index (χ0) is 34.4. The molecule has 0 aromatic heterocycles. The van der Waals surface area contributed by atoms with Gasteiger partial charge in [-0.15, -0.1) is 0 Å². The van der Waals surface area contributed by atoms with Gasteiger partial charge < -0.3 is 28.8 Å². The molecule has 0 unspecified atom stereocenters. The lowest BCUT2D eigenvalue weighted by Gasteiger charge is -2.42. The highest BCUT2D eigenvalue weighted by molar-refractivity contribution is 5.91. The summed E-state index contributed by atoms with van der Waals surface area (Å²) in [5.74, 6) is -3.18. The number of aliphatic hydroxyl groups excluding tert-OH is 1. The predicted octanol–water partition coefficient (Wildman–Crippen LogP) is 5.47. The van der Waals surface area contributed by atoms with E-state index >= 15 is 0 Å². The molecule has 4 aromatic carbocycles. The maximum atomic E-state index is 13.5. The Balaban J connectivity index is 1.49. The van der Waals surface area contributed by atoms with Gasteiger partial charge in [-0.2, -0.15) is 0 Å². The van der Waals surface area contributed by atoms with Gasteiger partial charge in [-0.05, 0) is 76.2 Å². The van der Waals surface area contributed by atoms with Gasteiger partial charge in [-0.3, -0.25) is 0 Å². The third kappa shape index (κ3) is 8.33. The standard InChI is InChI=1S/C38H36O10/c1-22-5-13-26(14-6-22)34(39)44-21-30-31(46-35(40)27-15-7-23(2)8-16-27)32(47-36(41)28-17-9-24(3)10-18-28)33(38(43)45-30)48-37(42)29-19-11-25(4)12-20-29/h5-20,30-33,38,43H,21H2,1-4H3/t30-,31-,32+,33-,38-/m0/s1. The molecule has 4 aromatic rings. The maximum Gasteiger partial charge on any atom is 0.338 e. The molecule has 248 valence electrons. The molecule has 5 atom stereocenters. The van der Waals surface area contributed by atoms with E-state index in [1.807, 2.05) is 27.7 Å². The van der Waals surface area contributed by atoms with Crippen LogP contribution in [0.3, 0.4) is 0 Å². The molecule has 1 fully saturated rings. The number of aliphatic hydroxyl groups is 1. The number of ether oxygens (including phenoxy) is 5. The first-order valence-corrected chi connectivity index (χ1v) is 15.4. The quantitative estimate of drug-likeness (QED) is 0.183. The van der Waals surface area contributed by atoms with E-state index in [0.717, 1.165) is 22.3 Å². The number of benzene rings is 4. The van der Waals surface area contributed by atoms with Gasteiger partial charge in [0.05, 0.1) is 22.3 Å². The zero-order valence-corrected chi connectivity index (χ0v) is 27.0. The fourth-order valence-corrected chi connectivity index (χ4v) is 5.01. The second-order valence-electron chi connectivity index (χ2n) is 11.7. The molecule has 5 rings (SSSR count). The van der Waals surface area contributed by atoms with E-state index in [-0.39, 0.29) is 22.3 Å². The van der Waals surface area contributed by atoms with Crippen molar-refractivity contribution in [2.24, 2.45) is 0 Å². The van der Waals surface area contributed by atoms with Crippen LogP contribution in [-0.4, -0.2) is 66.3 Å². The Morgan fingerprint density at radius 2 is 0.812 bits per heavy atom. The van der Waals surface area contributed by atoms with Gasteiger partial charge in [0.15, 0.2) is 24.6 Å². The normalized spacial score (nSPS) is 20.3. The maximum absolute atomic E-state index is 13.5. The van der Waals surface area contributed by atoms with Gasteiger partial charge in [0.1, 0.15) is 12.7 Å². The first kappa shape index (κ1) is 34.0. The smallest absolute Gasteiger partial charge is 0.338 e. The van der Waals surface area contributed by atoms with E-state index in [1.54, 1.807) is 97.1 Å². The lowest BCUT2D eigenvalue weighted by molar-refractivity contribution is -0.284. The Bertz CT molecular complexity index is 1750. The molecule has 1 heterocycles. The third-order valence-corrected chi connectivity index (χ3v) is 7.87. The van der Waals surface area contributed by atoms with Gasteiger partial charge in [-0.1, -0.05) is 70.8 Å². The van der Waals surface area contributed by atoms with Crippen molar-refractivity contribution < 1.29 is 48.0 Å². The highest BCUT2D eigenvalue weighted by Crippen LogP contribution is 2.30. The fraction of sp³-hybridized carbons (Fsp3) is 0.263. The monoisotopic (exact) mass is 652 g/mol. The summed E-state index contributed by atoms with van der Waals surface area (Å²) in [7, 11) is 0. The van der Waals surface area contributed by atoms with Crippen LogP contribution in [0.4, 0.5) is 0 Å². The summed E-state index contributed by atoms with van der Waals surface area (Å²) in [5.41, 5.74) is 4.43. The fourth-order valence-electron chi connectivity index (χ4n) is 5.01. The molecule has 48 heavy (non-hydrogen) atoms. The highest BCUT2D eigenvalue weighted by Gasteiger charge is 2.52. The van der Waals surface area contributed by atoms with Crippen molar-refractivity contribution in [3.63, 3.8) is 0 Å². The first-order valence-electron chi connectivity index (χ1n) is 15.4. The van der Waals surface area contributed by atoms with Gasteiger partial charge in [0.25, 0.3) is 0 Å². The van der Waals surface area contributed by atoms with Gasteiger partial charge >= 0.3 is 23.9 Å². The molecule has 10 nitrogen and oxygen atoms in total. The number of rotatable bonds is 9. The number of hydrogen-bond acceptors (Lipinski definition) is 10. The Kier molecular flexibility index (Phi) is 10.7. The summed E-state index contributed by atoms with van der Waals surface area (Å²) in [4.78, 5) is 53.1. The van der Waals surface area contributed by atoms with Crippen molar-refractivity contribution in [1.29, 1.82) is 0 Å². The minimum absolute atomic E-state index is 0.163. The molecular weight excluding hydrogens is 616 g/mol. The average molecular weight is 653 g/mol. The minimum atomic E-state index is -1.87. The number of hydrogen-bond donors (Lipinski definition) is 1. The lowest BCUT2D eigenvalue weighted by atomic mass is 9.97. The summed E-state index contributed by atoms with van der Waals surface area (Å²) in [6, 6.07) is 26.3. The average Bonchev–Trinajstić information content (AvgIpc) is 3.07. The molecule has 0 spiro atoms. The third-order valence-electron chi connectivity index (χ3n) is 7.87. The molecule has 1 saturated heterocycles. The van der Waals surface area contributed by atoms with E-state index in [0.29, 0.717) is 0 Å². The predicted molar refractivity (Wildman–Crippen MR) is 173 cm³/mol. The second-order valence-corrected chi connectivity index (χ2v) is 11.7. The zero-order valence-electron chi connectivity index (χ0n) is 27.0. The molecule has 0 radical (unpaired) electrons. The lowest BCUT2D eigenvalue weighted by Crippen LogP contribution is -2.62. The van der Waals surface area contributed by atoms with Crippen LogP contribution in [0.1, 0.15) is 63.7 Å². The van der Waals surface area contributed by atoms with Crippen molar-refractivity contribution in [2.45, 2.75) is 58.4 Å². The molecule has 1 aliphatic heterocycles. The molecule has 0 saturated carbocycles. The van der Waals surface area contributed by atoms with Crippen molar-refractivity contribution in [3.05, 3.63) is 142 Å². The SMILES string of the molecule is Cc1ccc(C(=O)OC[C@@H]2O[C@H](O)[C@@H](OC(=O)c3ccc(C)cc3)[C@H](OC(=O)c3ccc(C)cc3)[C@H]2OC(=O)c2ccc(C)cc2)cc1. The van der Waals surface area contributed by atoms with Crippen LogP contribution in [0.2, 0.25) is 0 Å². The summed E-state index contributed by atoms with van der Waals surface area (Å²) >= 11 is 0. The molecule has 1 N–H and O–H groups in total. The highest BCUT2D eigenvalue weighted by atomic mass is 16.7. The van der Waals surface area contributed by atoms with E-state index in [1.165, 1.54) is 0 Å². The van der Waals surface area contributed by atoms with Crippen molar-refractivity contribution in [1.82, 2.24) is 0 Å². The molecule has 0 amide bonds. The first-order chi connectivity index (χ1) is 23.0. The van der Waals surface area contributed by atoms with Crippen molar-refractivity contribution in [2.75, 3.05) is 6.61 Å². The Morgan fingerprint density at radius 3 is 1.19 bits per heavy atom. The van der Waals surface area contributed by atoms with Crippen LogP contribution in [0.5, 0.6) is 0 Å². The summed E-state index contributed by atoms with van der Waals surface area (Å²) in [6.45, 7) is 6.94. The van der Waals surface area contributed by atoms with Crippen molar-refractivity contribution in [3.8, 4) is 0 Å². The number of carbonyl (C=O) groups excluding carboxylic acids is 4. The molecule has 1 aliphatic rings. The van der Waals surface area contributed by atoms with Crippen LogP contribution in [0, 0.1) is 27.7 Å². The van der Waals surface area contributed by atoms with E-state index < -0.39 is 61.2 Å². The number of esters is 4. The largest absolute Gasteiger partial charge is 0.459 e. The van der Waals surface area contributed by atoms with E-state index in [2.05, 4.69) is 0 Å². The van der Waals surface area contributed by atoms with Crippen molar-refractivity contribution >= 4 is 23.9 Å². The topological polar surface area (TPSA) is 135 Å². The van der Waals surface area contributed by atoms with Crippen LogP contribution in [0.25, 0.3) is 0 Å². The number of carbonyl (C=O) groups is 4. The van der Waals surface area contributed by atoms with Gasteiger partial charge in [0, 0.05) is 0 Å². The van der Waals surface area contributed by atoms with Crippen LogP contribution in [0.15, 0.2) is 97.1 Å². The molecule has 10 heteroatoms.